The van der Waals surface area contributed by atoms with Crippen molar-refractivity contribution in [2.45, 2.75) is 32.2 Å². The van der Waals surface area contributed by atoms with Gasteiger partial charge in [0.05, 0.1) is 0 Å². The highest BCUT2D eigenvalue weighted by Gasteiger charge is 2.29. The summed E-state index contributed by atoms with van der Waals surface area (Å²) in [6.07, 6.45) is 6.72. The number of amides is 2. The first kappa shape index (κ1) is 13.3. The highest BCUT2D eigenvalue weighted by atomic mass is 16.2. The second kappa shape index (κ2) is 5.75. The van der Waals surface area contributed by atoms with E-state index in [1.165, 1.54) is 0 Å². The van der Waals surface area contributed by atoms with E-state index < -0.39 is 0 Å². The van der Waals surface area contributed by atoms with Crippen LogP contribution in [0.2, 0.25) is 0 Å². The summed E-state index contributed by atoms with van der Waals surface area (Å²) in [6.45, 7) is 2.51. The van der Waals surface area contributed by atoms with E-state index in [1.54, 1.807) is 6.20 Å². The molecule has 2 aliphatic heterocycles. The number of imidazole rings is 1. The summed E-state index contributed by atoms with van der Waals surface area (Å²) in [6, 6.07) is 0. The van der Waals surface area contributed by atoms with Gasteiger partial charge in [-0.15, -0.1) is 0 Å². The normalized spacial score (nSPS) is 23.1. The fourth-order valence-corrected chi connectivity index (χ4v) is 2.98. The third-order valence-corrected chi connectivity index (χ3v) is 4.28. The molecule has 0 aliphatic carbocycles. The van der Waals surface area contributed by atoms with Gasteiger partial charge in [-0.25, -0.2) is 4.98 Å². The molecule has 6 nitrogen and oxygen atoms in total. The molecule has 1 saturated heterocycles. The Hall–Kier alpha value is -1.69. The van der Waals surface area contributed by atoms with Crippen LogP contribution in [0.4, 0.5) is 0 Å². The molecule has 1 atom stereocenters. The lowest BCUT2D eigenvalue weighted by Gasteiger charge is -2.25. The van der Waals surface area contributed by atoms with Gasteiger partial charge in [0.2, 0.25) is 11.8 Å². The Morgan fingerprint density at radius 3 is 2.75 bits per heavy atom. The molecule has 2 amide bonds. The first-order valence-electron chi connectivity index (χ1n) is 7.29. The molecule has 0 aromatic carbocycles. The summed E-state index contributed by atoms with van der Waals surface area (Å²) in [5, 5.41) is 5.82. The number of aryl methyl sites for hydroxylation is 1. The van der Waals surface area contributed by atoms with Crippen LogP contribution in [0.5, 0.6) is 0 Å². The molecule has 0 saturated carbocycles. The van der Waals surface area contributed by atoms with Crippen molar-refractivity contribution in [2.24, 2.45) is 11.8 Å². The van der Waals surface area contributed by atoms with Gasteiger partial charge in [0.25, 0.3) is 0 Å². The summed E-state index contributed by atoms with van der Waals surface area (Å²) in [4.78, 5) is 28.5. The van der Waals surface area contributed by atoms with Crippen LogP contribution in [0.25, 0.3) is 0 Å². The Morgan fingerprint density at radius 2 is 1.95 bits per heavy atom. The van der Waals surface area contributed by atoms with Gasteiger partial charge in [-0.05, 0) is 32.4 Å². The molecule has 1 aromatic heterocycles. The monoisotopic (exact) mass is 276 g/mol. The minimum absolute atomic E-state index is 0.0224. The number of rotatable bonds is 2. The average Bonchev–Trinajstić information content (AvgIpc) is 2.95. The zero-order valence-corrected chi connectivity index (χ0v) is 11.5. The largest absolute Gasteiger partial charge is 0.335 e. The first-order valence-corrected chi connectivity index (χ1v) is 7.29. The van der Waals surface area contributed by atoms with Crippen LogP contribution in [0.3, 0.4) is 0 Å². The minimum Gasteiger partial charge on any atom is -0.335 e. The topological polar surface area (TPSA) is 76.0 Å². The number of hydrogen-bond acceptors (Lipinski definition) is 4. The zero-order valence-electron chi connectivity index (χ0n) is 11.5. The van der Waals surface area contributed by atoms with Crippen molar-refractivity contribution in [1.29, 1.82) is 0 Å². The average molecular weight is 276 g/mol. The van der Waals surface area contributed by atoms with Crippen molar-refractivity contribution in [3.8, 4) is 0 Å². The molecule has 1 aromatic rings. The van der Waals surface area contributed by atoms with Gasteiger partial charge in [-0.1, -0.05) is 0 Å². The van der Waals surface area contributed by atoms with Crippen molar-refractivity contribution in [3.05, 3.63) is 18.2 Å². The minimum atomic E-state index is -0.136. The zero-order chi connectivity index (χ0) is 13.9. The van der Waals surface area contributed by atoms with Crippen LogP contribution in [0, 0.1) is 11.8 Å². The number of carbonyl (C=O) groups is 2. The molecule has 0 spiro atoms. The quantitative estimate of drug-likeness (QED) is 0.751. The van der Waals surface area contributed by atoms with Gasteiger partial charge in [-0.3, -0.25) is 14.9 Å². The number of hydrogen-bond donors (Lipinski definition) is 2. The van der Waals surface area contributed by atoms with Crippen LogP contribution >= 0.6 is 0 Å². The maximum atomic E-state index is 12.2. The summed E-state index contributed by atoms with van der Waals surface area (Å²) < 4.78 is 2.07. The van der Waals surface area contributed by atoms with E-state index in [4.69, 9.17) is 0 Å². The van der Waals surface area contributed by atoms with E-state index in [0.717, 1.165) is 44.7 Å². The van der Waals surface area contributed by atoms with E-state index in [0.29, 0.717) is 6.42 Å². The van der Waals surface area contributed by atoms with Crippen molar-refractivity contribution >= 4 is 11.8 Å². The molecule has 2 aliphatic rings. The third-order valence-electron chi connectivity index (χ3n) is 4.28. The predicted octanol–water partition coefficient (Wildman–Crippen LogP) is 0.0879. The molecule has 3 heterocycles. The number of nitrogens with one attached hydrogen (secondary N) is 2. The van der Waals surface area contributed by atoms with Crippen molar-refractivity contribution in [1.82, 2.24) is 20.2 Å². The van der Waals surface area contributed by atoms with Crippen LogP contribution in [-0.4, -0.2) is 34.5 Å². The number of nitrogens with zero attached hydrogens (tertiary/aromatic N) is 2. The van der Waals surface area contributed by atoms with Crippen molar-refractivity contribution in [2.75, 3.05) is 13.1 Å². The molecule has 0 bridgehead atoms. The molecule has 108 valence electrons. The maximum absolute atomic E-state index is 12.2. The summed E-state index contributed by atoms with van der Waals surface area (Å²) in [5.41, 5.74) is 0. The Morgan fingerprint density at radius 1 is 1.20 bits per heavy atom. The SMILES string of the molecule is O=C(NC(=O)C1CCn2ccnc2C1)C1CCNCC1. The number of fused-ring (bicyclic) bond motifs is 1. The van der Waals surface area contributed by atoms with Crippen molar-refractivity contribution < 1.29 is 9.59 Å². The second-order valence-electron chi connectivity index (χ2n) is 5.60. The van der Waals surface area contributed by atoms with Gasteiger partial charge in [0.1, 0.15) is 5.82 Å². The standard InChI is InChI=1S/C14H20N4O2/c19-13(10-1-4-15-5-2-10)17-14(20)11-3-7-18-8-6-16-12(18)9-11/h6,8,10-11,15H,1-5,7,9H2,(H,17,19,20). The molecule has 1 fully saturated rings. The Kier molecular flexibility index (Phi) is 3.82. The summed E-state index contributed by atoms with van der Waals surface area (Å²) in [5.74, 6) is 0.542. The first-order chi connectivity index (χ1) is 9.74. The van der Waals surface area contributed by atoms with Gasteiger partial charge in [-0.2, -0.15) is 0 Å². The Balaban J connectivity index is 1.55. The maximum Gasteiger partial charge on any atom is 0.230 e. The fourth-order valence-electron chi connectivity index (χ4n) is 2.98. The smallest absolute Gasteiger partial charge is 0.230 e. The van der Waals surface area contributed by atoms with Crippen LogP contribution < -0.4 is 10.6 Å². The van der Waals surface area contributed by atoms with Gasteiger partial charge >= 0.3 is 0 Å². The van der Waals surface area contributed by atoms with Gasteiger partial charge in [0.15, 0.2) is 0 Å². The molecule has 3 rings (SSSR count). The van der Waals surface area contributed by atoms with Crippen molar-refractivity contribution in [3.63, 3.8) is 0 Å². The summed E-state index contributed by atoms with van der Waals surface area (Å²) in [7, 11) is 0. The van der Waals surface area contributed by atoms with E-state index >= 15 is 0 Å². The molecule has 2 N–H and O–H groups in total. The van der Waals surface area contributed by atoms with E-state index in [-0.39, 0.29) is 23.7 Å². The fraction of sp³-hybridized carbons (Fsp3) is 0.643. The molecule has 6 heteroatoms. The third kappa shape index (κ3) is 2.75. The lowest BCUT2D eigenvalue weighted by atomic mass is 9.94. The lowest BCUT2D eigenvalue weighted by Crippen LogP contribution is -2.44. The molecule has 0 radical (unpaired) electrons. The van der Waals surface area contributed by atoms with Crippen LogP contribution in [-0.2, 0) is 22.6 Å². The highest BCUT2D eigenvalue weighted by Crippen LogP contribution is 2.19. The molecular formula is C14H20N4O2. The molecular weight excluding hydrogens is 256 g/mol. The summed E-state index contributed by atoms with van der Waals surface area (Å²) >= 11 is 0. The van der Waals surface area contributed by atoms with E-state index in [1.807, 2.05) is 6.20 Å². The molecule has 1 unspecified atom stereocenters. The highest BCUT2D eigenvalue weighted by molar-refractivity contribution is 5.97. The Labute approximate surface area is 117 Å². The van der Waals surface area contributed by atoms with E-state index in [9.17, 15) is 9.59 Å². The van der Waals surface area contributed by atoms with E-state index in [2.05, 4.69) is 20.2 Å². The number of aromatic nitrogens is 2. The predicted molar refractivity (Wildman–Crippen MR) is 72.8 cm³/mol. The van der Waals surface area contributed by atoms with Gasteiger partial charge < -0.3 is 9.88 Å². The van der Waals surface area contributed by atoms with Crippen LogP contribution in [0.15, 0.2) is 12.4 Å². The number of piperidine rings is 1. The lowest BCUT2D eigenvalue weighted by molar-refractivity contribution is -0.135. The number of carbonyl (C=O) groups excluding carboxylic acids is 2. The van der Waals surface area contributed by atoms with Crippen LogP contribution in [0.1, 0.15) is 25.1 Å². The Bertz CT molecular complexity index is 505. The number of imide groups is 1. The van der Waals surface area contributed by atoms with Gasteiger partial charge in [0, 0.05) is 37.2 Å². The molecule has 20 heavy (non-hydrogen) atoms. The second-order valence-corrected chi connectivity index (χ2v) is 5.60.